The third-order valence-corrected chi connectivity index (χ3v) is 7.82. The molecule has 0 saturated carbocycles. The van der Waals surface area contributed by atoms with Crippen molar-refractivity contribution in [1.29, 1.82) is 0 Å². The molecular formula is C21H15ClN4O2S3. The van der Waals surface area contributed by atoms with Gasteiger partial charge in [0.2, 0.25) is 11.0 Å². The van der Waals surface area contributed by atoms with Gasteiger partial charge < -0.3 is 9.73 Å². The summed E-state index contributed by atoms with van der Waals surface area (Å²) in [6, 6.07) is 17.2. The van der Waals surface area contributed by atoms with E-state index in [1.165, 1.54) is 23.1 Å². The number of para-hydroxylation sites is 1. The topological polar surface area (TPSA) is 71.3 Å². The molecule has 31 heavy (non-hydrogen) atoms. The predicted molar refractivity (Wildman–Crippen MR) is 126 cm³/mol. The second kappa shape index (κ2) is 8.96. The molecular weight excluding hydrogens is 472 g/mol. The highest BCUT2D eigenvalue weighted by Crippen LogP contribution is 2.49. The Hall–Kier alpha value is -2.46. The van der Waals surface area contributed by atoms with Crippen LogP contribution in [0.25, 0.3) is 0 Å². The number of aromatic nitrogens is 2. The van der Waals surface area contributed by atoms with E-state index in [4.69, 9.17) is 16.0 Å². The summed E-state index contributed by atoms with van der Waals surface area (Å²) in [5.74, 6) is 1.01. The summed E-state index contributed by atoms with van der Waals surface area (Å²) in [7, 11) is 0. The maximum Gasteiger partial charge on any atom is 0.242 e. The van der Waals surface area contributed by atoms with Gasteiger partial charge in [-0.1, -0.05) is 58.6 Å². The number of carbonyl (C=O) groups is 1. The summed E-state index contributed by atoms with van der Waals surface area (Å²) < 4.78 is 6.02. The first-order valence-corrected chi connectivity index (χ1v) is 12.3. The van der Waals surface area contributed by atoms with Crippen LogP contribution in [0.2, 0.25) is 5.02 Å². The van der Waals surface area contributed by atoms with Crippen molar-refractivity contribution in [3.63, 3.8) is 0 Å². The minimum atomic E-state index is -0.0402. The molecule has 4 aromatic rings. The molecule has 10 heteroatoms. The third kappa shape index (κ3) is 4.45. The second-order valence-electron chi connectivity index (χ2n) is 6.51. The van der Waals surface area contributed by atoms with E-state index in [-0.39, 0.29) is 11.7 Å². The second-order valence-corrected chi connectivity index (χ2v) is 10.2. The summed E-state index contributed by atoms with van der Waals surface area (Å²) in [6.07, 6.45) is 1.63. The van der Waals surface area contributed by atoms with E-state index < -0.39 is 0 Å². The fourth-order valence-corrected chi connectivity index (χ4v) is 5.90. The van der Waals surface area contributed by atoms with Crippen LogP contribution in [0, 0.1) is 0 Å². The maximum absolute atomic E-state index is 13.3. The maximum atomic E-state index is 13.3. The third-order valence-electron chi connectivity index (χ3n) is 4.46. The molecule has 0 radical (unpaired) electrons. The van der Waals surface area contributed by atoms with Gasteiger partial charge in [0, 0.05) is 14.8 Å². The summed E-state index contributed by atoms with van der Waals surface area (Å²) in [6.45, 7) is 0.533. The molecule has 6 nitrogen and oxygen atoms in total. The zero-order valence-electron chi connectivity index (χ0n) is 15.9. The number of halogens is 1. The van der Waals surface area contributed by atoms with Crippen molar-refractivity contribution >= 4 is 68.9 Å². The Bertz CT molecular complexity index is 1230. The van der Waals surface area contributed by atoms with Gasteiger partial charge in [0.15, 0.2) is 4.34 Å². The first kappa shape index (κ1) is 20.4. The van der Waals surface area contributed by atoms with Gasteiger partial charge in [-0.3, -0.25) is 9.69 Å². The van der Waals surface area contributed by atoms with Crippen LogP contribution in [-0.4, -0.2) is 21.9 Å². The molecule has 1 amide bonds. The number of amides is 1. The molecule has 2 aromatic carbocycles. The normalized spacial score (nSPS) is 12.4. The van der Waals surface area contributed by atoms with Crippen molar-refractivity contribution in [2.45, 2.75) is 20.7 Å². The van der Waals surface area contributed by atoms with E-state index in [1.807, 2.05) is 54.6 Å². The average Bonchev–Trinajstić information content (AvgIpc) is 3.46. The number of carbonyl (C=O) groups excluding carboxylic acids is 1. The molecule has 5 rings (SSSR count). The number of thioether (sulfide) groups is 1. The quantitative estimate of drug-likeness (QED) is 0.320. The fraction of sp³-hybridized carbons (Fsp3) is 0.0952. The van der Waals surface area contributed by atoms with E-state index in [1.54, 1.807) is 22.9 Å². The monoisotopic (exact) mass is 486 g/mol. The van der Waals surface area contributed by atoms with Crippen molar-refractivity contribution in [2.75, 3.05) is 16.0 Å². The largest absolute Gasteiger partial charge is 0.467 e. The average molecular weight is 487 g/mol. The number of rotatable bonds is 6. The van der Waals surface area contributed by atoms with Gasteiger partial charge >= 0.3 is 0 Å². The van der Waals surface area contributed by atoms with Crippen LogP contribution in [-0.2, 0) is 11.3 Å². The Morgan fingerprint density at radius 2 is 1.97 bits per heavy atom. The number of anilines is 3. The van der Waals surface area contributed by atoms with Crippen LogP contribution >= 0.6 is 46.5 Å². The number of hydrogen-bond donors (Lipinski definition) is 1. The van der Waals surface area contributed by atoms with Crippen molar-refractivity contribution in [3.05, 3.63) is 71.6 Å². The van der Waals surface area contributed by atoms with Crippen LogP contribution in [0.15, 0.2) is 79.4 Å². The van der Waals surface area contributed by atoms with E-state index >= 15 is 0 Å². The van der Waals surface area contributed by atoms with Crippen LogP contribution < -0.4 is 10.2 Å². The Morgan fingerprint density at radius 3 is 2.84 bits per heavy atom. The van der Waals surface area contributed by atoms with Gasteiger partial charge in [-0.15, -0.1) is 10.2 Å². The number of nitrogens with one attached hydrogen (secondary N) is 1. The molecule has 0 unspecified atom stereocenters. The number of nitrogens with zero attached hydrogens (tertiary/aromatic N) is 3. The summed E-state index contributed by atoms with van der Waals surface area (Å²) in [4.78, 5) is 17.1. The van der Waals surface area contributed by atoms with E-state index in [9.17, 15) is 4.79 Å². The van der Waals surface area contributed by atoms with Crippen LogP contribution in [0.1, 0.15) is 5.76 Å². The first-order valence-electron chi connectivity index (χ1n) is 9.29. The van der Waals surface area contributed by atoms with Crippen molar-refractivity contribution in [2.24, 2.45) is 0 Å². The molecule has 0 aliphatic carbocycles. The molecule has 3 heterocycles. The predicted octanol–water partition coefficient (Wildman–Crippen LogP) is 6.32. The molecule has 0 saturated heterocycles. The Labute approximate surface area is 196 Å². The number of hydrogen-bond acceptors (Lipinski definition) is 8. The summed E-state index contributed by atoms with van der Waals surface area (Å²) in [5.41, 5.74) is 1.67. The number of fused-ring (bicyclic) bond motifs is 2. The van der Waals surface area contributed by atoms with Crippen LogP contribution in [0.5, 0.6) is 0 Å². The fourth-order valence-electron chi connectivity index (χ4n) is 3.10. The van der Waals surface area contributed by atoms with Crippen molar-refractivity contribution in [3.8, 4) is 0 Å². The lowest BCUT2D eigenvalue weighted by Gasteiger charge is -2.31. The molecule has 0 spiro atoms. The van der Waals surface area contributed by atoms with Crippen molar-refractivity contribution < 1.29 is 9.21 Å². The van der Waals surface area contributed by atoms with E-state index in [0.717, 1.165) is 31.3 Å². The van der Waals surface area contributed by atoms with E-state index in [2.05, 4.69) is 15.5 Å². The zero-order valence-corrected chi connectivity index (χ0v) is 19.2. The molecule has 0 bridgehead atoms. The Morgan fingerprint density at radius 1 is 1.10 bits per heavy atom. The van der Waals surface area contributed by atoms with Gasteiger partial charge in [0.25, 0.3) is 0 Å². The Kier molecular flexibility index (Phi) is 5.91. The highest BCUT2D eigenvalue weighted by molar-refractivity contribution is 8.01. The lowest BCUT2D eigenvalue weighted by atomic mass is 10.2. The highest BCUT2D eigenvalue weighted by atomic mass is 35.5. The molecule has 1 N–H and O–H groups in total. The van der Waals surface area contributed by atoms with Gasteiger partial charge in [0.1, 0.15) is 5.76 Å². The van der Waals surface area contributed by atoms with Gasteiger partial charge in [-0.2, -0.15) is 0 Å². The number of furan rings is 1. The van der Waals surface area contributed by atoms with Crippen LogP contribution in [0.3, 0.4) is 0 Å². The molecule has 1 aliphatic rings. The SMILES string of the molecule is O=C(CSc1nnc(NCc2ccco2)s1)N1c2ccccc2Sc2ccc(Cl)cc21. The molecule has 156 valence electrons. The lowest BCUT2D eigenvalue weighted by molar-refractivity contribution is -0.115. The zero-order chi connectivity index (χ0) is 21.2. The summed E-state index contributed by atoms with van der Waals surface area (Å²) >= 11 is 10.7. The minimum absolute atomic E-state index is 0.0402. The molecule has 0 fully saturated rings. The number of benzene rings is 2. The van der Waals surface area contributed by atoms with Crippen LogP contribution in [0.4, 0.5) is 16.5 Å². The standard InChI is InChI=1S/C21H15ClN4O2S3/c22-13-7-8-18-16(10-13)26(15-5-1-2-6-17(15)30-18)19(27)12-29-21-25-24-20(31-21)23-11-14-4-3-9-28-14/h1-10H,11-12H2,(H,23,24). The first-order chi connectivity index (χ1) is 15.2. The van der Waals surface area contributed by atoms with Gasteiger partial charge in [0.05, 0.1) is 29.9 Å². The summed E-state index contributed by atoms with van der Waals surface area (Å²) in [5, 5.41) is 12.8. The Balaban J connectivity index is 1.30. The molecule has 2 aromatic heterocycles. The minimum Gasteiger partial charge on any atom is -0.467 e. The van der Waals surface area contributed by atoms with Gasteiger partial charge in [-0.25, -0.2) is 0 Å². The highest BCUT2D eigenvalue weighted by Gasteiger charge is 2.28. The molecule has 1 aliphatic heterocycles. The smallest absolute Gasteiger partial charge is 0.242 e. The van der Waals surface area contributed by atoms with E-state index in [0.29, 0.717) is 16.7 Å². The van der Waals surface area contributed by atoms with Gasteiger partial charge in [-0.05, 0) is 42.5 Å². The molecule has 0 atom stereocenters. The van der Waals surface area contributed by atoms with Crippen molar-refractivity contribution in [1.82, 2.24) is 10.2 Å². The lowest BCUT2D eigenvalue weighted by Crippen LogP contribution is -2.30.